The minimum Gasteiger partial charge on any atom is -0.304 e. The summed E-state index contributed by atoms with van der Waals surface area (Å²) >= 11 is 12.4. The van der Waals surface area contributed by atoms with E-state index in [4.69, 9.17) is 23.2 Å². The van der Waals surface area contributed by atoms with E-state index in [0.717, 1.165) is 11.1 Å². The number of hydrogen-bond donors (Lipinski definition) is 0. The molecule has 1 saturated heterocycles. The van der Waals surface area contributed by atoms with E-state index < -0.39 is 10.0 Å². The summed E-state index contributed by atoms with van der Waals surface area (Å²) in [5.41, 5.74) is 2.13. The van der Waals surface area contributed by atoms with Gasteiger partial charge in [-0.1, -0.05) is 41.4 Å². The third-order valence-electron chi connectivity index (χ3n) is 5.08. The Bertz CT molecular complexity index is 1150. The molecule has 0 amide bonds. The van der Waals surface area contributed by atoms with Crippen molar-refractivity contribution in [1.29, 1.82) is 0 Å². The molecule has 0 unspecified atom stereocenters. The highest BCUT2D eigenvalue weighted by Crippen LogP contribution is 2.36. The van der Waals surface area contributed by atoms with Crippen LogP contribution in [0, 0.1) is 0 Å². The third-order valence-corrected chi connectivity index (χ3v) is 7.64. The molecule has 6 nitrogen and oxygen atoms in total. The molecule has 148 valence electrons. The third kappa shape index (κ3) is 3.31. The second-order valence-corrected chi connectivity index (χ2v) is 9.66. The molecule has 0 N–H and O–H groups in total. The molecule has 0 radical (unpaired) electrons. The van der Waals surface area contributed by atoms with Crippen molar-refractivity contribution < 1.29 is 8.42 Å². The number of aromatic nitrogens is 2. The first-order chi connectivity index (χ1) is 13.3. The van der Waals surface area contributed by atoms with Crippen LogP contribution < -0.4 is 0 Å². The molecule has 1 aliphatic heterocycles. The molecule has 28 heavy (non-hydrogen) atoms. The molecule has 1 fully saturated rings. The first-order valence-electron chi connectivity index (χ1n) is 8.89. The average molecular weight is 439 g/mol. The van der Waals surface area contributed by atoms with Crippen molar-refractivity contribution in [2.24, 2.45) is 7.05 Å². The van der Waals surface area contributed by atoms with Gasteiger partial charge in [-0.25, -0.2) is 8.42 Å². The van der Waals surface area contributed by atoms with E-state index in [2.05, 4.69) is 10.00 Å². The summed E-state index contributed by atoms with van der Waals surface area (Å²) in [6.07, 6.45) is 0. The normalized spacial score (nSPS) is 16.7. The van der Waals surface area contributed by atoms with Crippen LogP contribution in [0.1, 0.15) is 0 Å². The number of fused-ring (bicyclic) bond motifs is 1. The van der Waals surface area contributed by atoms with E-state index in [-0.39, 0.29) is 5.03 Å². The minimum absolute atomic E-state index is 0.207. The minimum atomic E-state index is -3.66. The van der Waals surface area contributed by atoms with Gasteiger partial charge >= 0.3 is 0 Å². The first-order valence-corrected chi connectivity index (χ1v) is 11.1. The zero-order chi connectivity index (χ0) is 20.1. The van der Waals surface area contributed by atoms with Crippen LogP contribution in [0.25, 0.3) is 22.0 Å². The van der Waals surface area contributed by atoms with Crippen LogP contribution >= 0.6 is 23.2 Å². The quantitative estimate of drug-likeness (QED) is 0.627. The summed E-state index contributed by atoms with van der Waals surface area (Å²) in [7, 11) is -0.00762. The van der Waals surface area contributed by atoms with Crippen LogP contribution in [-0.2, 0) is 17.1 Å². The molecule has 0 saturated carbocycles. The number of likely N-dealkylation sites (N-methyl/N-ethyl adjacent to an activating group) is 1. The Morgan fingerprint density at radius 1 is 0.964 bits per heavy atom. The number of nitrogens with zero attached hydrogens (tertiary/aromatic N) is 4. The maximum absolute atomic E-state index is 13.4. The van der Waals surface area contributed by atoms with Crippen LogP contribution in [0.4, 0.5) is 0 Å². The van der Waals surface area contributed by atoms with E-state index >= 15 is 0 Å². The molecule has 3 aromatic rings. The highest BCUT2D eigenvalue weighted by Gasteiger charge is 2.32. The molecule has 1 aliphatic rings. The number of rotatable bonds is 3. The topological polar surface area (TPSA) is 58.4 Å². The van der Waals surface area contributed by atoms with Crippen LogP contribution in [0.3, 0.4) is 0 Å². The van der Waals surface area contributed by atoms with Crippen LogP contribution in [0.5, 0.6) is 0 Å². The number of halogens is 2. The monoisotopic (exact) mass is 438 g/mol. The average Bonchev–Trinajstić information content (AvgIpc) is 2.99. The molecule has 2 heterocycles. The summed E-state index contributed by atoms with van der Waals surface area (Å²) in [6.45, 7) is 2.35. The Kier molecular flexibility index (Phi) is 5.14. The fraction of sp³-hybridized carbons (Fsp3) is 0.316. The van der Waals surface area contributed by atoms with Crippen LogP contribution in [-0.4, -0.2) is 60.6 Å². The Morgan fingerprint density at radius 2 is 1.68 bits per heavy atom. The van der Waals surface area contributed by atoms with Gasteiger partial charge in [-0.3, -0.25) is 4.68 Å². The fourth-order valence-corrected chi connectivity index (χ4v) is 5.79. The summed E-state index contributed by atoms with van der Waals surface area (Å²) in [6, 6.07) is 10.7. The summed E-state index contributed by atoms with van der Waals surface area (Å²) in [5, 5.41) is 6.37. The highest BCUT2D eigenvalue weighted by molar-refractivity contribution is 7.89. The molecular weight excluding hydrogens is 419 g/mol. The van der Waals surface area contributed by atoms with Gasteiger partial charge in [0.05, 0.1) is 0 Å². The Labute approximate surface area is 174 Å². The van der Waals surface area contributed by atoms with E-state index in [0.29, 0.717) is 47.1 Å². The largest absolute Gasteiger partial charge is 0.304 e. The predicted octanol–water partition coefficient (Wildman–Crippen LogP) is 3.48. The van der Waals surface area contributed by atoms with Crippen molar-refractivity contribution in [2.75, 3.05) is 33.2 Å². The van der Waals surface area contributed by atoms with Gasteiger partial charge in [0.2, 0.25) is 0 Å². The number of sulfonamides is 1. The van der Waals surface area contributed by atoms with Gasteiger partial charge in [-0.15, -0.1) is 0 Å². The van der Waals surface area contributed by atoms with Crippen molar-refractivity contribution in [2.45, 2.75) is 5.03 Å². The SMILES string of the molecule is CN1CCN(S(=O)(=O)c2c3cccc(-c4ccc(Cl)cc4Cl)c3nn2C)CC1. The lowest BCUT2D eigenvalue weighted by molar-refractivity contribution is 0.222. The van der Waals surface area contributed by atoms with E-state index in [1.807, 2.05) is 25.2 Å². The molecule has 0 aliphatic carbocycles. The van der Waals surface area contributed by atoms with Crippen molar-refractivity contribution in [3.8, 4) is 11.1 Å². The van der Waals surface area contributed by atoms with Crippen LogP contribution in [0.15, 0.2) is 41.4 Å². The Balaban J connectivity index is 1.87. The second kappa shape index (κ2) is 7.31. The van der Waals surface area contributed by atoms with E-state index in [9.17, 15) is 8.42 Å². The van der Waals surface area contributed by atoms with Gasteiger partial charge in [0.1, 0.15) is 5.52 Å². The highest BCUT2D eigenvalue weighted by atomic mass is 35.5. The van der Waals surface area contributed by atoms with Crippen molar-refractivity contribution in [3.63, 3.8) is 0 Å². The van der Waals surface area contributed by atoms with Crippen LogP contribution in [0.2, 0.25) is 10.0 Å². The lowest BCUT2D eigenvalue weighted by Gasteiger charge is -2.31. The molecule has 0 atom stereocenters. The Hall–Kier alpha value is -1.64. The maximum Gasteiger partial charge on any atom is 0.260 e. The molecular formula is C19H20Cl2N4O2S. The molecule has 9 heteroatoms. The maximum atomic E-state index is 13.4. The molecule has 2 aromatic carbocycles. The van der Waals surface area contributed by atoms with Crippen molar-refractivity contribution >= 4 is 44.1 Å². The predicted molar refractivity (Wildman–Crippen MR) is 112 cm³/mol. The van der Waals surface area contributed by atoms with Gasteiger partial charge < -0.3 is 4.90 Å². The lowest BCUT2D eigenvalue weighted by atomic mass is 10.0. The summed E-state index contributed by atoms with van der Waals surface area (Å²) < 4.78 is 29.7. The smallest absolute Gasteiger partial charge is 0.260 e. The zero-order valence-electron chi connectivity index (χ0n) is 15.6. The van der Waals surface area contributed by atoms with Gasteiger partial charge in [-0.2, -0.15) is 9.40 Å². The standard InChI is InChI=1S/C19H20Cl2N4O2S/c1-23-8-10-25(11-9-23)28(26,27)19-16-5-3-4-15(18(16)22-24(19)2)14-7-6-13(20)12-17(14)21/h3-7,12H,8-11H2,1-2H3. The zero-order valence-corrected chi connectivity index (χ0v) is 17.9. The first kappa shape index (κ1) is 19.7. The van der Waals surface area contributed by atoms with Gasteiger partial charge in [0, 0.05) is 59.8 Å². The van der Waals surface area contributed by atoms with Gasteiger partial charge in [-0.05, 0) is 25.2 Å². The van der Waals surface area contributed by atoms with Crippen molar-refractivity contribution in [3.05, 3.63) is 46.4 Å². The van der Waals surface area contributed by atoms with E-state index in [1.54, 1.807) is 25.2 Å². The number of hydrogen-bond acceptors (Lipinski definition) is 4. The fourth-order valence-electron chi connectivity index (χ4n) is 3.58. The van der Waals surface area contributed by atoms with Crippen molar-refractivity contribution in [1.82, 2.24) is 19.0 Å². The second-order valence-electron chi connectivity index (χ2n) is 6.96. The number of benzene rings is 2. The molecule has 1 aromatic heterocycles. The van der Waals surface area contributed by atoms with Gasteiger partial charge in [0.15, 0.2) is 5.03 Å². The lowest BCUT2D eigenvalue weighted by Crippen LogP contribution is -2.47. The molecule has 0 bridgehead atoms. The van der Waals surface area contributed by atoms with E-state index in [1.165, 1.54) is 8.99 Å². The van der Waals surface area contributed by atoms with Gasteiger partial charge in [0.25, 0.3) is 10.0 Å². The number of aryl methyl sites for hydroxylation is 1. The molecule has 4 rings (SSSR count). The Morgan fingerprint density at radius 3 is 2.36 bits per heavy atom. The summed E-state index contributed by atoms with van der Waals surface area (Å²) in [5.74, 6) is 0. The summed E-state index contributed by atoms with van der Waals surface area (Å²) in [4.78, 5) is 2.12. The molecule has 0 spiro atoms. The number of piperazine rings is 1.